The molecule has 3 aliphatic rings. The maximum absolute atomic E-state index is 2.56. The van der Waals surface area contributed by atoms with Crippen LogP contribution in [0.1, 0.15) is 84.7 Å². The molecule has 8 aromatic carbocycles. The van der Waals surface area contributed by atoms with Crippen LogP contribution in [0, 0.1) is 13.8 Å². The average Bonchev–Trinajstić information content (AvgIpc) is 3.80. The van der Waals surface area contributed by atoms with Crippen molar-refractivity contribution in [1.29, 1.82) is 0 Å². The Bertz CT molecular complexity index is 2940. The second-order valence-corrected chi connectivity index (χ2v) is 18.6. The van der Waals surface area contributed by atoms with E-state index in [1.807, 2.05) is 0 Å². The number of rotatable bonds is 4. The maximum Gasteiger partial charge on any atom is 0.0726 e. The van der Waals surface area contributed by atoms with Crippen LogP contribution >= 0.6 is 0 Å². The lowest BCUT2D eigenvalue weighted by Gasteiger charge is -2.33. The summed E-state index contributed by atoms with van der Waals surface area (Å²) >= 11 is 0. The van der Waals surface area contributed by atoms with Crippen molar-refractivity contribution in [2.24, 2.45) is 0 Å². The molecule has 0 heterocycles. The summed E-state index contributed by atoms with van der Waals surface area (Å²) in [6.07, 6.45) is 0. The Hall–Kier alpha value is -6.44. The van der Waals surface area contributed by atoms with E-state index in [1.54, 1.807) is 0 Å². The van der Waals surface area contributed by atoms with E-state index in [4.69, 9.17) is 0 Å². The Labute approximate surface area is 349 Å². The molecule has 8 aromatic rings. The highest BCUT2D eigenvalue weighted by Gasteiger charge is 2.51. The summed E-state index contributed by atoms with van der Waals surface area (Å²) in [5.41, 5.74) is 25.6. The summed E-state index contributed by atoms with van der Waals surface area (Å²) < 4.78 is 0. The van der Waals surface area contributed by atoms with Crippen molar-refractivity contribution in [3.63, 3.8) is 0 Å². The van der Waals surface area contributed by atoms with Gasteiger partial charge in [0.25, 0.3) is 0 Å². The first-order valence-corrected chi connectivity index (χ1v) is 21.2. The van der Waals surface area contributed by atoms with E-state index >= 15 is 0 Å². The molecule has 1 nitrogen and oxygen atoms in total. The molecule has 0 fully saturated rings. The summed E-state index contributed by atoms with van der Waals surface area (Å²) in [5.74, 6) is 0. The molecule has 0 amide bonds. The minimum atomic E-state index is -0.421. The van der Waals surface area contributed by atoms with Crippen LogP contribution in [0.25, 0.3) is 44.5 Å². The van der Waals surface area contributed by atoms with Gasteiger partial charge in [-0.1, -0.05) is 168 Å². The molecule has 59 heavy (non-hydrogen) atoms. The van der Waals surface area contributed by atoms with Crippen LogP contribution in [-0.2, 0) is 16.2 Å². The van der Waals surface area contributed by atoms with Crippen LogP contribution in [0.2, 0.25) is 0 Å². The lowest BCUT2D eigenvalue weighted by atomic mass is 9.70. The molecular formula is C58H49N. The molecule has 286 valence electrons. The Balaban J connectivity index is 1.15. The Morgan fingerprint density at radius 2 is 0.797 bits per heavy atom. The summed E-state index contributed by atoms with van der Waals surface area (Å²) in [6.45, 7) is 16.2. The molecule has 0 saturated heterocycles. The SMILES string of the molecule is Cc1cc(-c2ccc(C(C)(C)C)cc2)cc(C)c1N(c1ccc2c(c1)C(C)(C)c1ccccc1-2)c1ccc2c(c1)C1(c3ccccc3-c3ccccc31)c1ccccc1-2. The van der Waals surface area contributed by atoms with Crippen molar-refractivity contribution < 1.29 is 0 Å². The van der Waals surface area contributed by atoms with E-state index in [0.29, 0.717) is 0 Å². The molecule has 0 aliphatic heterocycles. The molecule has 0 radical (unpaired) electrons. The van der Waals surface area contributed by atoms with Gasteiger partial charge in [0.15, 0.2) is 0 Å². The third-order valence-corrected chi connectivity index (χ3v) is 13.9. The predicted molar refractivity (Wildman–Crippen MR) is 249 cm³/mol. The van der Waals surface area contributed by atoms with E-state index in [9.17, 15) is 0 Å². The minimum Gasteiger partial charge on any atom is -0.310 e. The molecule has 11 rings (SSSR count). The van der Waals surface area contributed by atoms with Gasteiger partial charge in [0.1, 0.15) is 0 Å². The molecule has 0 saturated carbocycles. The van der Waals surface area contributed by atoms with Gasteiger partial charge in [0, 0.05) is 16.8 Å². The van der Waals surface area contributed by atoms with E-state index in [0.717, 1.165) is 0 Å². The summed E-state index contributed by atoms with van der Waals surface area (Å²) in [4.78, 5) is 2.56. The predicted octanol–water partition coefficient (Wildman–Crippen LogP) is 15.4. The van der Waals surface area contributed by atoms with Gasteiger partial charge in [-0.2, -0.15) is 0 Å². The van der Waals surface area contributed by atoms with Gasteiger partial charge >= 0.3 is 0 Å². The number of aryl methyl sites for hydroxylation is 2. The highest BCUT2D eigenvalue weighted by atomic mass is 15.1. The van der Waals surface area contributed by atoms with E-state index in [2.05, 4.69) is 223 Å². The Morgan fingerprint density at radius 3 is 1.29 bits per heavy atom. The van der Waals surface area contributed by atoms with Crippen molar-refractivity contribution in [1.82, 2.24) is 0 Å². The molecule has 0 unspecified atom stereocenters. The quantitative estimate of drug-likeness (QED) is 0.173. The zero-order chi connectivity index (χ0) is 40.4. The number of benzene rings is 8. The number of nitrogens with zero attached hydrogens (tertiary/aromatic N) is 1. The maximum atomic E-state index is 2.56. The Kier molecular flexibility index (Phi) is 7.58. The van der Waals surface area contributed by atoms with Gasteiger partial charge in [-0.25, -0.2) is 0 Å². The largest absolute Gasteiger partial charge is 0.310 e. The normalized spacial score (nSPS) is 14.6. The second kappa shape index (κ2) is 12.5. The molecular weight excluding hydrogens is 711 g/mol. The van der Waals surface area contributed by atoms with Gasteiger partial charge < -0.3 is 4.90 Å². The average molecular weight is 760 g/mol. The first-order chi connectivity index (χ1) is 28.5. The zero-order valence-corrected chi connectivity index (χ0v) is 35.1. The fourth-order valence-corrected chi connectivity index (χ4v) is 11.1. The highest BCUT2D eigenvalue weighted by molar-refractivity contribution is 5.97. The highest BCUT2D eigenvalue weighted by Crippen LogP contribution is 2.63. The number of hydrogen-bond donors (Lipinski definition) is 0. The van der Waals surface area contributed by atoms with Gasteiger partial charge in [0.05, 0.1) is 11.1 Å². The topological polar surface area (TPSA) is 3.24 Å². The lowest BCUT2D eigenvalue weighted by Crippen LogP contribution is -2.26. The van der Waals surface area contributed by atoms with Crippen LogP contribution in [0.4, 0.5) is 17.1 Å². The first kappa shape index (κ1) is 35.7. The van der Waals surface area contributed by atoms with E-state index in [1.165, 1.54) is 112 Å². The van der Waals surface area contributed by atoms with Crippen molar-refractivity contribution >= 4 is 17.1 Å². The molecule has 3 aliphatic carbocycles. The Morgan fingerprint density at radius 1 is 0.390 bits per heavy atom. The summed E-state index contributed by atoms with van der Waals surface area (Å²) in [6, 6.07) is 64.7. The van der Waals surface area contributed by atoms with Crippen molar-refractivity contribution in [3.8, 4) is 44.5 Å². The smallest absolute Gasteiger partial charge is 0.0726 e. The fraction of sp³-hybridized carbons (Fsp3) is 0.172. The van der Waals surface area contributed by atoms with Gasteiger partial charge in [-0.05, 0) is 150 Å². The standard InChI is InChI=1S/C58H49N/c1-36-32-39(38-24-26-40(27-25-38)56(3,4)5)33-37(2)55(36)59(41-28-30-47-43-16-8-12-20-49(43)57(6,7)53(47)34-41)42-29-31-48-46-19-11-15-23-52(46)58(54(48)35-42)50-21-13-9-17-44(50)45-18-10-14-22-51(45)58/h8-35H,1-7H3. The molecule has 1 spiro atoms. The van der Waals surface area contributed by atoms with Crippen LogP contribution < -0.4 is 4.90 Å². The van der Waals surface area contributed by atoms with Gasteiger partial charge in [-0.15, -0.1) is 0 Å². The van der Waals surface area contributed by atoms with Crippen molar-refractivity contribution in [2.45, 2.75) is 64.7 Å². The third-order valence-electron chi connectivity index (χ3n) is 13.9. The van der Waals surface area contributed by atoms with Crippen LogP contribution in [-0.4, -0.2) is 0 Å². The van der Waals surface area contributed by atoms with Crippen molar-refractivity contribution in [3.05, 3.63) is 220 Å². The monoisotopic (exact) mass is 759 g/mol. The zero-order valence-electron chi connectivity index (χ0n) is 35.1. The number of fused-ring (bicyclic) bond motifs is 13. The van der Waals surface area contributed by atoms with E-state index in [-0.39, 0.29) is 10.8 Å². The van der Waals surface area contributed by atoms with E-state index < -0.39 is 5.41 Å². The van der Waals surface area contributed by atoms with Crippen LogP contribution in [0.5, 0.6) is 0 Å². The fourth-order valence-electron chi connectivity index (χ4n) is 11.1. The second-order valence-electron chi connectivity index (χ2n) is 18.6. The molecule has 1 heteroatoms. The molecule has 0 aromatic heterocycles. The van der Waals surface area contributed by atoms with Crippen LogP contribution in [0.15, 0.2) is 170 Å². The molecule has 0 atom stereocenters. The van der Waals surface area contributed by atoms with Gasteiger partial charge in [0.2, 0.25) is 0 Å². The number of hydrogen-bond acceptors (Lipinski definition) is 1. The molecule has 0 bridgehead atoms. The molecule has 0 N–H and O–H groups in total. The summed E-state index contributed by atoms with van der Waals surface area (Å²) in [7, 11) is 0. The van der Waals surface area contributed by atoms with Crippen molar-refractivity contribution in [2.75, 3.05) is 4.90 Å². The first-order valence-electron chi connectivity index (χ1n) is 21.2. The summed E-state index contributed by atoms with van der Waals surface area (Å²) in [5, 5.41) is 0. The third kappa shape index (κ3) is 4.97. The number of anilines is 3. The van der Waals surface area contributed by atoms with Gasteiger partial charge in [-0.3, -0.25) is 0 Å². The lowest BCUT2D eigenvalue weighted by molar-refractivity contribution is 0.590. The minimum absolute atomic E-state index is 0.110. The van der Waals surface area contributed by atoms with Crippen LogP contribution in [0.3, 0.4) is 0 Å².